The molecule has 16 heavy (non-hydrogen) atoms. The molecule has 1 rings (SSSR count). The Kier molecular flexibility index (Phi) is 4.15. The van der Waals surface area contributed by atoms with Crippen LogP contribution in [0.25, 0.3) is 0 Å². The van der Waals surface area contributed by atoms with Crippen molar-refractivity contribution in [2.24, 2.45) is 0 Å². The second-order valence-corrected chi connectivity index (χ2v) is 3.71. The molecule has 0 saturated carbocycles. The van der Waals surface area contributed by atoms with Crippen LogP contribution in [0.15, 0.2) is 12.1 Å². The van der Waals surface area contributed by atoms with Crippen LogP contribution in [0.5, 0.6) is 5.75 Å². The summed E-state index contributed by atoms with van der Waals surface area (Å²) in [6.45, 7) is 1.85. The van der Waals surface area contributed by atoms with Crippen LogP contribution in [0.4, 0.5) is 0 Å². The van der Waals surface area contributed by atoms with Crippen LogP contribution in [0.1, 0.15) is 24.2 Å². The van der Waals surface area contributed by atoms with Gasteiger partial charge in [0.1, 0.15) is 5.75 Å². The molecule has 0 aromatic heterocycles. The topological polar surface area (TPSA) is 66.8 Å². The van der Waals surface area contributed by atoms with E-state index in [1.807, 2.05) is 6.92 Å². The fourth-order valence-electron chi connectivity index (χ4n) is 1.57. The van der Waals surface area contributed by atoms with Gasteiger partial charge in [0.25, 0.3) is 0 Å². The normalized spacial score (nSPS) is 12.2. The van der Waals surface area contributed by atoms with Crippen molar-refractivity contribution in [3.63, 3.8) is 0 Å². The number of halogens is 1. The van der Waals surface area contributed by atoms with Crippen LogP contribution >= 0.6 is 11.6 Å². The van der Waals surface area contributed by atoms with Gasteiger partial charge in [-0.2, -0.15) is 0 Å². The van der Waals surface area contributed by atoms with Crippen LogP contribution < -0.4 is 4.74 Å². The van der Waals surface area contributed by atoms with Gasteiger partial charge in [-0.3, -0.25) is 0 Å². The number of rotatable bonds is 4. The molecule has 0 spiro atoms. The van der Waals surface area contributed by atoms with E-state index in [0.717, 1.165) is 0 Å². The molecule has 0 radical (unpaired) electrons. The molecule has 2 N–H and O–H groups in total. The summed E-state index contributed by atoms with van der Waals surface area (Å²) in [5.74, 6) is -0.815. The van der Waals surface area contributed by atoms with Crippen molar-refractivity contribution in [1.29, 1.82) is 0 Å². The van der Waals surface area contributed by atoms with E-state index < -0.39 is 12.1 Å². The molecule has 0 aliphatic carbocycles. The van der Waals surface area contributed by atoms with E-state index in [1.54, 1.807) is 6.07 Å². The fraction of sp³-hybridized carbons (Fsp3) is 0.364. The Hall–Kier alpha value is -1.26. The molecule has 1 aromatic rings. The molecule has 0 amide bonds. The van der Waals surface area contributed by atoms with Crippen LogP contribution in [0.2, 0.25) is 5.02 Å². The zero-order valence-corrected chi connectivity index (χ0v) is 9.78. The summed E-state index contributed by atoms with van der Waals surface area (Å²) in [4.78, 5) is 10.7. The van der Waals surface area contributed by atoms with Crippen LogP contribution in [-0.2, 0) is 11.2 Å². The number of benzene rings is 1. The SMILES string of the molecule is CCc1c(OC)cc(Cl)cc1C(O)C(=O)O. The van der Waals surface area contributed by atoms with Gasteiger partial charge < -0.3 is 14.9 Å². The summed E-state index contributed by atoms with van der Waals surface area (Å²) >= 11 is 5.82. The number of hydrogen-bond donors (Lipinski definition) is 2. The van der Waals surface area contributed by atoms with Gasteiger partial charge in [0.2, 0.25) is 0 Å². The molecular weight excluding hydrogens is 232 g/mol. The van der Waals surface area contributed by atoms with E-state index in [9.17, 15) is 9.90 Å². The zero-order chi connectivity index (χ0) is 12.3. The Bertz CT molecular complexity index is 403. The third kappa shape index (κ3) is 2.46. The predicted octanol–water partition coefficient (Wildman–Crippen LogP) is 2.03. The van der Waals surface area contributed by atoms with E-state index in [2.05, 4.69) is 0 Å². The molecule has 4 nitrogen and oxygen atoms in total. The maximum absolute atomic E-state index is 10.7. The van der Waals surface area contributed by atoms with Crippen molar-refractivity contribution in [3.8, 4) is 5.75 Å². The standard InChI is InChI=1S/C11H13ClO4/c1-3-7-8(10(13)11(14)15)4-6(12)5-9(7)16-2/h4-5,10,13H,3H2,1-2H3,(H,14,15). The predicted molar refractivity (Wildman–Crippen MR) is 60.0 cm³/mol. The molecule has 5 heteroatoms. The van der Waals surface area contributed by atoms with Crippen LogP contribution in [0, 0.1) is 0 Å². The lowest BCUT2D eigenvalue weighted by molar-refractivity contribution is -0.147. The third-order valence-corrected chi connectivity index (χ3v) is 2.53. The summed E-state index contributed by atoms with van der Waals surface area (Å²) in [7, 11) is 1.47. The maximum Gasteiger partial charge on any atom is 0.337 e. The minimum atomic E-state index is -1.58. The number of aliphatic carboxylic acids is 1. The Morgan fingerprint density at radius 1 is 1.56 bits per heavy atom. The highest BCUT2D eigenvalue weighted by atomic mass is 35.5. The Balaban J connectivity index is 3.35. The molecule has 88 valence electrons. The number of carbonyl (C=O) groups is 1. The second kappa shape index (κ2) is 5.18. The lowest BCUT2D eigenvalue weighted by Gasteiger charge is -2.15. The Labute approximate surface area is 98.4 Å². The van der Waals surface area contributed by atoms with Crippen molar-refractivity contribution in [2.45, 2.75) is 19.4 Å². The molecule has 0 aliphatic rings. The lowest BCUT2D eigenvalue weighted by atomic mass is 9.99. The number of aliphatic hydroxyl groups excluding tert-OH is 1. The molecule has 0 heterocycles. The van der Waals surface area contributed by atoms with Crippen molar-refractivity contribution in [3.05, 3.63) is 28.3 Å². The van der Waals surface area contributed by atoms with E-state index >= 15 is 0 Å². The zero-order valence-electron chi connectivity index (χ0n) is 9.03. The van der Waals surface area contributed by atoms with E-state index in [0.29, 0.717) is 22.8 Å². The maximum atomic E-state index is 10.7. The lowest BCUT2D eigenvalue weighted by Crippen LogP contribution is -2.13. The van der Waals surface area contributed by atoms with Gasteiger partial charge in [-0.1, -0.05) is 18.5 Å². The van der Waals surface area contributed by atoms with Crippen LogP contribution in [0.3, 0.4) is 0 Å². The summed E-state index contributed by atoms with van der Waals surface area (Å²) in [6.07, 6.45) is -1.03. The first kappa shape index (κ1) is 12.8. The van der Waals surface area contributed by atoms with E-state index in [1.165, 1.54) is 13.2 Å². The molecule has 0 aliphatic heterocycles. The van der Waals surface area contributed by atoms with E-state index in [4.69, 9.17) is 21.4 Å². The molecule has 1 aromatic carbocycles. The number of methoxy groups -OCH3 is 1. The first-order valence-electron chi connectivity index (χ1n) is 4.78. The number of aliphatic hydroxyl groups is 1. The molecule has 1 unspecified atom stereocenters. The quantitative estimate of drug-likeness (QED) is 0.851. The molecule has 0 bridgehead atoms. The highest BCUT2D eigenvalue weighted by molar-refractivity contribution is 6.30. The van der Waals surface area contributed by atoms with Crippen LogP contribution in [-0.4, -0.2) is 23.3 Å². The van der Waals surface area contributed by atoms with Gasteiger partial charge in [-0.25, -0.2) is 4.79 Å². The van der Waals surface area contributed by atoms with Crippen molar-refractivity contribution in [2.75, 3.05) is 7.11 Å². The smallest absolute Gasteiger partial charge is 0.337 e. The van der Waals surface area contributed by atoms with Crippen molar-refractivity contribution < 1.29 is 19.7 Å². The van der Waals surface area contributed by atoms with Gasteiger partial charge in [-0.15, -0.1) is 0 Å². The summed E-state index contributed by atoms with van der Waals surface area (Å²) in [6, 6.07) is 3.04. The average Bonchev–Trinajstić information content (AvgIpc) is 2.26. The minimum Gasteiger partial charge on any atom is -0.496 e. The summed E-state index contributed by atoms with van der Waals surface area (Å²) in [5.41, 5.74) is 0.932. The summed E-state index contributed by atoms with van der Waals surface area (Å²) < 4.78 is 5.10. The first-order valence-corrected chi connectivity index (χ1v) is 5.16. The van der Waals surface area contributed by atoms with Gasteiger partial charge in [-0.05, 0) is 18.6 Å². The highest BCUT2D eigenvalue weighted by Crippen LogP contribution is 2.31. The molecule has 0 fully saturated rings. The van der Waals surface area contributed by atoms with Gasteiger partial charge >= 0.3 is 5.97 Å². The molecular formula is C11H13ClO4. The van der Waals surface area contributed by atoms with Crippen molar-refractivity contribution in [1.82, 2.24) is 0 Å². The van der Waals surface area contributed by atoms with Gasteiger partial charge in [0.05, 0.1) is 7.11 Å². The first-order chi connectivity index (χ1) is 7.51. The Morgan fingerprint density at radius 3 is 2.62 bits per heavy atom. The van der Waals surface area contributed by atoms with Crippen molar-refractivity contribution >= 4 is 17.6 Å². The monoisotopic (exact) mass is 244 g/mol. The van der Waals surface area contributed by atoms with E-state index in [-0.39, 0.29) is 5.56 Å². The number of carboxylic acid groups (broad SMARTS) is 1. The number of ether oxygens (including phenoxy) is 1. The Morgan fingerprint density at radius 2 is 2.19 bits per heavy atom. The third-order valence-electron chi connectivity index (χ3n) is 2.31. The number of hydrogen-bond acceptors (Lipinski definition) is 3. The molecule has 1 atom stereocenters. The molecule has 0 saturated heterocycles. The second-order valence-electron chi connectivity index (χ2n) is 3.27. The highest BCUT2D eigenvalue weighted by Gasteiger charge is 2.21. The average molecular weight is 245 g/mol. The van der Waals surface area contributed by atoms with Gasteiger partial charge in [0.15, 0.2) is 6.10 Å². The minimum absolute atomic E-state index is 0.277. The largest absolute Gasteiger partial charge is 0.496 e. The summed E-state index contributed by atoms with van der Waals surface area (Å²) in [5, 5.41) is 18.7. The van der Waals surface area contributed by atoms with Gasteiger partial charge in [0, 0.05) is 16.1 Å². The fourth-order valence-corrected chi connectivity index (χ4v) is 1.79. The number of carboxylic acids is 1.